The Bertz CT molecular complexity index is 617. The van der Waals surface area contributed by atoms with Gasteiger partial charge < -0.3 is 5.73 Å². The van der Waals surface area contributed by atoms with Crippen LogP contribution in [0.2, 0.25) is 5.02 Å². The van der Waals surface area contributed by atoms with Crippen LogP contribution in [0.3, 0.4) is 0 Å². The van der Waals surface area contributed by atoms with Gasteiger partial charge in [-0.05, 0) is 49.2 Å². The van der Waals surface area contributed by atoms with E-state index in [1.54, 1.807) is 12.1 Å². The van der Waals surface area contributed by atoms with Gasteiger partial charge in [0, 0.05) is 16.0 Å². The van der Waals surface area contributed by atoms with E-state index in [2.05, 4.69) is 0 Å². The van der Waals surface area contributed by atoms with Gasteiger partial charge in [0.2, 0.25) is 0 Å². The van der Waals surface area contributed by atoms with Crippen LogP contribution in [0.4, 0.5) is 8.78 Å². The number of hydrogen-bond acceptors (Lipinski definition) is 2. The van der Waals surface area contributed by atoms with Crippen LogP contribution in [-0.2, 0) is 6.42 Å². The highest BCUT2D eigenvalue weighted by Gasteiger charge is 2.11. The van der Waals surface area contributed by atoms with Gasteiger partial charge in [0.25, 0.3) is 0 Å². The zero-order valence-corrected chi connectivity index (χ0v) is 12.4. The highest BCUT2D eigenvalue weighted by atomic mass is 35.5. The summed E-state index contributed by atoms with van der Waals surface area (Å²) in [5.41, 5.74) is 6.77. The van der Waals surface area contributed by atoms with E-state index in [0.29, 0.717) is 11.4 Å². The molecule has 0 aliphatic carbocycles. The first-order chi connectivity index (χ1) is 9.45. The smallest absolute Gasteiger partial charge is 0.137 e. The molecule has 0 saturated carbocycles. The first kappa shape index (κ1) is 15.3. The number of benzene rings is 2. The molecule has 0 aliphatic rings. The molecule has 0 saturated heterocycles. The molecule has 2 aromatic carbocycles. The van der Waals surface area contributed by atoms with Crippen molar-refractivity contribution in [2.24, 2.45) is 5.73 Å². The van der Waals surface area contributed by atoms with Crippen LogP contribution in [0.1, 0.15) is 12.5 Å². The van der Waals surface area contributed by atoms with Crippen molar-refractivity contribution < 1.29 is 8.78 Å². The van der Waals surface area contributed by atoms with Crippen LogP contribution >= 0.6 is 23.4 Å². The maximum absolute atomic E-state index is 13.7. The van der Waals surface area contributed by atoms with Crippen LogP contribution in [0, 0.1) is 11.6 Å². The largest absolute Gasteiger partial charge is 0.328 e. The normalized spacial score (nSPS) is 12.4. The summed E-state index contributed by atoms with van der Waals surface area (Å²) in [6.07, 6.45) is 0.649. The molecule has 0 bridgehead atoms. The average molecular weight is 314 g/mol. The van der Waals surface area contributed by atoms with Gasteiger partial charge in [-0.1, -0.05) is 29.4 Å². The Hall–Kier alpha value is -1.10. The van der Waals surface area contributed by atoms with Crippen molar-refractivity contribution >= 4 is 23.4 Å². The SMILES string of the molecule is CC(N)Cc1ccc(Cl)cc1Sc1cc(F)ccc1F. The lowest BCUT2D eigenvalue weighted by molar-refractivity contribution is 0.577. The summed E-state index contributed by atoms with van der Waals surface area (Å²) in [7, 11) is 0. The Morgan fingerprint density at radius 2 is 1.90 bits per heavy atom. The van der Waals surface area contributed by atoms with Crippen LogP contribution in [0.15, 0.2) is 46.2 Å². The van der Waals surface area contributed by atoms with Gasteiger partial charge in [0.1, 0.15) is 11.6 Å². The maximum Gasteiger partial charge on any atom is 0.137 e. The molecule has 2 rings (SSSR count). The summed E-state index contributed by atoms with van der Waals surface area (Å²) in [6, 6.07) is 8.75. The van der Waals surface area contributed by atoms with Gasteiger partial charge in [0.15, 0.2) is 0 Å². The molecule has 1 unspecified atom stereocenters. The second-order valence-electron chi connectivity index (χ2n) is 4.61. The highest BCUT2D eigenvalue weighted by Crippen LogP contribution is 2.34. The standard InChI is InChI=1S/C15H14ClF2NS/c1-9(19)6-10-2-3-11(16)7-14(10)20-15-8-12(17)4-5-13(15)18/h2-5,7-9H,6,19H2,1H3. The summed E-state index contributed by atoms with van der Waals surface area (Å²) < 4.78 is 26.9. The van der Waals surface area contributed by atoms with Gasteiger partial charge >= 0.3 is 0 Å². The molecular formula is C15H14ClF2NS. The van der Waals surface area contributed by atoms with E-state index >= 15 is 0 Å². The van der Waals surface area contributed by atoms with Gasteiger partial charge in [-0.2, -0.15) is 0 Å². The Morgan fingerprint density at radius 3 is 2.60 bits per heavy atom. The summed E-state index contributed by atoms with van der Waals surface area (Å²) in [5, 5.41) is 0.553. The fourth-order valence-electron chi connectivity index (χ4n) is 1.81. The molecule has 0 radical (unpaired) electrons. The van der Waals surface area contributed by atoms with E-state index < -0.39 is 11.6 Å². The molecule has 0 spiro atoms. The first-order valence-electron chi connectivity index (χ1n) is 6.12. The molecule has 0 aliphatic heterocycles. The molecular weight excluding hydrogens is 300 g/mol. The molecule has 0 aromatic heterocycles. The fourth-order valence-corrected chi connectivity index (χ4v) is 3.09. The minimum atomic E-state index is -0.468. The van der Waals surface area contributed by atoms with E-state index in [4.69, 9.17) is 17.3 Å². The van der Waals surface area contributed by atoms with Crippen molar-refractivity contribution in [2.45, 2.75) is 29.2 Å². The van der Waals surface area contributed by atoms with Crippen molar-refractivity contribution in [3.05, 3.63) is 58.6 Å². The number of nitrogens with two attached hydrogens (primary N) is 1. The lowest BCUT2D eigenvalue weighted by atomic mass is 10.1. The van der Waals surface area contributed by atoms with Crippen LogP contribution in [0.25, 0.3) is 0 Å². The third-order valence-corrected chi connectivity index (χ3v) is 4.05. The lowest BCUT2D eigenvalue weighted by Crippen LogP contribution is -2.18. The molecule has 1 atom stereocenters. The minimum absolute atomic E-state index is 0.0205. The minimum Gasteiger partial charge on any atom is -0.328 e. The third kappa shape index (κ3) is 3.95. The molecule has 106 valence electrons. The predicted octanol–water partition coefficient (Wildman–Crippen LogP) is 4.66. The zero-order chi connectivity index (χ0) is 14.7. The van der Waals surface area contributed by atoms with Crippen molar-refractivity contribution in [2.75, 3.05) is 0 Å². The summed E-state index contributed by atoms with van der Waals surface area (Å²) in [5.74, 6) is -0.923. The number of rotatable bonds is 4. The van der Waals surface area contributed by atoms with E-state index in [1.165, 1.54) is 6.07 Å². The van der Waals surface area contributed by atoms with Gasteiger partial charge in [-0.3, -0.25) is 0 Å². The molecule has 0 amide bonds. The van der Waals surface area contributed by atoms with Crippen LogP contribution in [-0.4, -0.2) is 6.04 Å². The van der Waals surface area contributed by atoms with Crippen LogP contribution in [0.5, 0.6) is 0 Å². The van der Waals surface area contributed by atoms with E-state index in [9.17, 15) is 8.78 Å². The summed E-state index contributed by atoms with van der Waals surface area (Å²) >= 11 is 7.13. The first-order valence-corrected chi connectivity index (χ1v) is 7.32. The third-order valence-electron chi connectivity index (χ3n) is 2.68. The molecule has 2 aromatic rings. The quantitative estimate of drug-likeness (QED) is 0.888. The van der Waals surface area contributed by atoms with Gasteiger partial charge in [0.05, 0.1) is 4.90 Å². The molecule has 1 nitrogen and oxygen atoms in total. The van der Waals surface area contributed by atoms with Crippen molar-refractivity contribution in [3.63, 3.8) is 0 Å². The van der Waals surface area contributed by atoms with Crippen LogP contribution < -0.4 is 5.73 Å². The zero-order valence-electron chi connectivity index (χ0n) is 10.9. The predicted molar refractivity (Wildman–Crippen MR) is 79.3 cm³/mol. The second kappa shape index (κ2) is 6.57. The number of hydrogen-bond donors (Lipinski definition) is 1. The Kier molecular flexibility index (Phi) is 5.02. The van der Waals surface area contributed by atoms with Crippen molar-refractivity contribution in [1.82, 2.24) is 0 Å². The van der Waals surface area contributed by atoms with E-state index in [1.807, 2.05) is 13.0 Å². The Balaban J connectivity index is 2.36. The number of halogens is 3. The van der Waals surface area contributed by atoms with E-state index in [-0.39, 0.29) is 10.9 Å². The van der Waals surface area contributed by atoms with Crippen molar-refractivity contribution in [3.8, 4) is 0 Å². The lowest BCUT2D eigenvalue weighted by Gasteiger charge is -2.12. The monoisotopic (exact) mass is 313 g/mol. The molecule has 2 N–H and O–H groups in total. The fraction of sp³-hybridized carbons (Fsp3) is 0.200. The summed E-state index contributed by atoms with van der Waals surface area (Å²) in [6.45, 7) is 1.89. The highest BCUT2D eigenvalue weighted by molar-refractivity contribution is 7.99. The van der Waals surface area contributed by atoms with E-state index in [0.717, 1.165) is 34.4 Å². The molecule has 0 fully saturated rings. The van der Waals surface area contributed by atoms with Gasteiger partial charge in [-0.15, -0.1) is 0 Å². The molecule has 5 heteroatoms. The van der Waals surface area contributed by atoms with Crippen molar-refractivity contribution in [1.29, 1.82) is 0 Å². The topological polar surface area (TPSA) is 26.0 Å². The average Bonchev–Trinajstić information content (AvgIpc) is 2.37. The Morgan fingerprint density at radius 1 is 1.15 bits per heavy atom. The molecule has 20 heavy (non-hydrogen) atoms. The van der Waals surface area contributed by atoms with Gasteiger partial charge in [-0.25, -0.2) is 8.78 Å². The second-order valence-corrected chi connectivity index (χ2v) is 6.13. The summed E-state index contributed by atoms with van der Waals surface area (Å²) in [4.78, 5) is 1.03. The maximum atomic E-state index is 13.7. The molecule has 0 heterocycles. The Labute approximate surface area is 126 Å².